The van der Waals surface area contributed by atoms with Gasteiger partial charge in [-0.3, -0.25) is 9.07 Å². The van der Waals surface area contributed by atoms with Crippen molar-refractivity contribution >= 4 is 0 Å². The molecule has 0 aromatic carbocycles. The second-order valence-corrected chi connectivity index (χ2v) is 3.07. The fourth-order valence-electron chi connectivity index (χ4n) is 1.42. The lowest BCUT2D eigenvalue weighted by Crippen LogP contribution is -1.94. The summed E-state index contributed by atoms with van der Waals surface area (Å²) in [5.41, 5.74) is 3.39. The molecule has 1 aromatic heterocycles. The molecule has 0 aliphatic rings. The summed E-state index contributed by atoms with van der Waals surface area (Å²) in [6.07, 6.45) is 1.41. The van der Waals surface area contributed by atoms with Crippen LogP contribution in [0.4, 0.5) is 4.39 Å². The Balaban J connectivity index is 2.82. The highest BCUT2D eigenvalue weighted by atomic mass is 19.1. The summed E-state index contributed by atoms with van der Waals surface area (Å²) >= 11 is 0. The average molecular weight is 170 g/mol. The van der Waals surface area contributed by atoms with Crippen LogP contribution in [0.15, 0.2) is 0 Å². The Bertz CT molecular complexity index is 266. The average Bonchev–Trinajstić information content (AvgIpc) is 2.25. The Hall–Kier alpha value is -0.860. The van der Waals surface area contributed by atoms with E-state index < -0.39 is 0 Å². The lowest BCUT2D eigenvalue weighted by atomic mass is 10.1. The highest BCUT2D eigenvalue weighted by Gasteiger charge is 2.07. The van der Waals surface area contributed by atoms with Gasteiger partial charge in [0.05, 0.1) is 12.4 Å². The lowest BCUT2D eigenvalue weighted by molar-refractivity contribution is 0.472. The molecule has 0 atom stereocenters. The summed E-state index contributed by atoms with van der Waals surface area (Å²) in [4.78, 5) is 0. The number of alkyl halides is 1. The van der Waals surface area contributed by atoms with Crippen molar-refractivity contribution in [3.05, 3.63) is 17.0 Å². The third kappa shape index (κ3) is 1.65. The summed E-state index contributed by atoms with van der Waals surface area (Å²) in [6.45, 7) is 3.75. The van der Waals surface area contributed by atoms with E-state index in [0.29, 0.717) is 6.42 Å². The molecule has 0 saturated heterocycles. The van der Waals surface area contributed by atoms with Crippen LogP contribution in [0, 0.1) is 13.8 Å². The van der Waals surface area contributed by atoms with Crippen LogP contribution in [-0.2, 0) is 13.5 Å². The molecule has 0 fully saturated rings. The number of nitrogens with zero attached hydrogens (tertiary/aromatic N) is 2. The summed E-state index contributed by atoms with van der Waals surface area (Å²) in [5, 5.41) is 4.26. The zero-order chi connectivity index (χ0) is 9.14. The van der Waals surface area contributed by atoms with Gasteiger partial charge in [-0.15, -0.1) is 0 Å². The number of rotatable bonds is 3. The van der Waals surface area contributed by atoms with Crippen molar-refractivity contribution in [2.45, 2.75) is 26.7 Å². The van der Waals surface area contributed by atoms with E-state index in [-0.39, 0.29) is 6.67 Å². The molecule has 1 rings (SSSR count). The zero-order valence-electron chi connectivity index (χ0n) is 7.89. The van der Waals surface area contributed by atoms with Crippen molar-refractivity contribution in [3.63, 3.8) is 0 Å². The van der Waals surface area contributed by atoms with Crippen molar-refractivity contribution in [3.8, 4) is 0 Å². The molecule has 1 heterocycles. The van der Waals surface area contributed by atoms with Crippen molar-refractivity contribution < 1.29 is 4.39 Å². The number of hydrogen-bond donors (Lipinski definition) is 0. The molecular weight excluding hydrogens is 155 g/mol. The normalized spacial score (nSPS) is 10.7. The third-order valence-electron chi connectivity index (χ3n) is 2.22. The lowest BCUT2D eigenvalue weighted by Gasteiger charge is -1.98. The maximum atomic E-state index is 11.9. The predicted molar refractivity (Wildman–Crippen MR) is 47.0 cm³/mol. The van der Waals surface area contributed by atoms with Crippen LogP contribution >= 0.6 is 0 Å². The molecule has 12 heavy (non-hydrogen) atoms. The highest BCUT2D eigenvalue weighted by Crippen LogP contribution is 2.13. The monoisotopic (exact) mass is 170 g/mol. The first kappa shape index (κ1) is 9.23. The van der Waals surface area contributed by atoms with E-state index in [4.69, 9.17) is 0 Å². The van der Waals surface area contributed by atoms with Gasteiger partial charge in [-0.05, 0) is 32.3 Å². The van der Waals surface area contributed by atoms with Crippen LogP contribution in [-0.4, -0.2) is 16.5 Å². The zero-order valence-corrected chi connectivity index (χ0v) is 7.89. The molecule has 0 saturated carbocycles. The molecular formula is C9H15FN2. The minimum absolute atomic E-state index is 0.242. The number of aromatic nitrogens is 2. The van der Waals surface area contributed by atoms with E-state index >= 15 is 0 Å². The molecule has 0 aliphatic carbocycles. The van der Waals surface area contributed by atoms with Gasteiger partial charge in [-0.2, -0.15) is 5.10 Å². The van der Waals surface area contributed by atoms with Crippen molar-refractivity contribution in [2.24, 2.45) is 7.05 Å². The van der Waals surface area contributed by atoms with Gasteiger partial charge in [0.25, 0.3) is 0 Å². The Morgan fingerprint density at radius 3 is 2.50 bits per heavy atom. The smallest absolute Gasteiger partial charge is 0.0897 e. The minimum Gasteiger partial charge on any atom is -0.272 e. The Morgan fingerprint density at radius 1 is 1.42 bits per heavy atom. The first-order chi connectivity index (χ1) is 5.66. The molecule has 0 aliphatic heterocycles. The van der Waals surface area contributed by atoms with Crippen LogP contribution in [0.5, 0.6) is 0 Å². The van der Waals surface area contributed by atoms with Gasteiger partial charge >= 0.3 is 0 Å². The molecule has 0 radical (unpaired) electrons. The molecule has 0 unspecified atom stereocenters. The molecule has 3 heteroatoms. The molecule has 2 nitrogen and oxygen atoms in total. The van der Waals surface area contributed by atoms with Crippen molar-refractivity contribution in [2.75, 3.05) is 6.67 Å². The van der Waals surface area contributed by atoms with Crippen LogP contribution in [0.25, 0.3) is 0 Å². The first-order valence-corrected chi connectivity index (χ1v) is 4.22. The fraction of sp³-hybridized carbons (Fsp3) is 0.667. The predicted octanol–water partition coefficient (Wildman–Crippen LogP) is 1.94. The first-order valence-electron chi connectivity index (χ1n) is 4.22. The van der Waals surface area contributed by atoms with Gasteiger partial charge in [0.15, 0.2) is 0 Å². The number of hydrogen-bond acceptors (Lipinski definition) is 1. The molecule has 0 bridgehead atoms. The molecule has 1 aromatic rings. The van der Waals surface area contributed by atoms with E-state index in [1.165, 1.54) is 5.56 Å². The maximum absolute atomic E-state index is 11.9. The number of halogens is 1. The van der Waals surface area contributed by atoms with Gasteiger partial charge in [0.2, 0.25) is 0 Å². The van der Waals surface area contributed by atoms with Crippen LogP contribution in [0.1, 0.15) is 23.4 Å². The Labute approximate surface area is 72.4 Å². The van der Waals surface area contributed by atoms with Gasteiger partial charge < -0.3 is 0 Å². The van der Waals surface area contributed by atoms with E-state index in [1.807, 2.05) is 25.6 Å². The Morgan fingerprint density at radius 2 is 2.08 bits per heavy atom. The SMILES string of the molecule is Cc1nn(C)c(C)c1CCCF. The van der Waals surface area contributed by atoms with E-state index in [1.54, 1.807) is 0 Å². The van der Waals surface area contributed by atoms with E-state index in [9.17, 15) is 4.39 Å². The van der Waals surface area contributed by atoms with Crippen LogP contribution < -0.4 is 0 Å². The van der Waals surface area contributed by atoms with Gasteiger partial charge in [-0.1, -0.05) is 0 Å². The Kier molecular flexibility index (Phi) is 2.84. The maximum Gasteiger partial charge on any atom is 0.0897 e. The highest BCUT2D eigenvalue weighted by molar-refractivity contribution is 5.24. The standard InChI is InChI=1S/C9H15FN2/c1-7-9(5-4-6-10)8(2)12(3)11-7/h4-6H2,1-3H3. The topological polar surface area (TPSA) is 17.8 Å². The minimum atomic E-state index is -0.242. The largest absolute Gasteiger partial charge is 0.272 e. The third-order valence-corrected chi connectivity index (χ3v) is 2.22. The summed E-state index contributed by atoms with van der Waals surface area (Å²) in [7, 11) is 1.92. The van der Waals surface area contributed by atoms with Gasteiger partial charge in [0, 0.05) is 12.7 Å². The van der Waals surface area contributed by atoms with Gasteiger partial charge in [0.1, 0.15) is 0 Å². The molecule has 0 N–H and O–H groups in total. The quantitative estimate of drug-likeness (QED) is 0.677. The summed E-state index contributed by atoms with van der Waals surface area (Å²) in [6, 6.07) is 0. The van der Waals surface area contributed by atoms with Gasteiger partial charge in [-0.25, -0.2) is 0 Å². The van der Waals surface area contributed by atoms with Crippen molar-refractivity contribution in [1.82, 2.24) is 9.78 Å². The van der Waals surface area contributed by atoms with Crippen molar-refractivity contribution in [1.29, 1.82) is 0 Å². The van der Waals surface area contributed by atoms with Crippen LogP contribution in [0.3, 0.4) is 0 Å². The molecule has 68 valence electrons. The van der Waals surface area contributed by atoms with E-state index in [2.05, 4.69) is 5.10 Å². The molecule has 0 spiro atoms. The number of aryl methyl sites for hydroxylation is 2. The van der Waals surface area contributed by atoms with Crippen LogP contribution in [0.2, 0.25) is 0 Å². The summed E-state index contributed by atoms with van der Waals surface area (Å²) in [5.74, 6) is 0. The summed E-state index contributed by atoms with van der Waals surface area (Å²) < 4.78 is 13.8. The molecule has 0 amide bonds. The second-order valence-electron chi connectivity index (χ2n) is 3.07. The van der Waals surface area contributed by atoms with E-state index in [0.717, 1.165) is 17.8 Å². The second kappa shape index (κ2) is 3.70. The fourth-order valence-corrected chi connectivity index (χ4v) is 1.42.